The molecule has 0 unspecified atom stereocenters. The number of thiocarbonyl (C=S) groups is 1. The van der Waals surface area contributed by atoms with E-state index in [4.69, 9.17) is 12.2 Å². The van der Waals surface area contributed by atoms with Gasteiger partial charge in [0, 0.05) is 50.8 Å². The van der Waals surface area contributed by atoms with E-state index in [-0.39, 0.29) is 10.8 Å². The van der Waals surface area contributed by atoms with Crippen molar-refractivity contribution < 1.29 is 8.42 Å². The third-order valence-corrected chi connectivity index (χ3v) is 7.04. The van der Waals surface area contributed by atoms with Gasteiger partial charge in [-0.2, -0.15) is 0 Å². The number of hydrogen-bond acceptors (Lipinski definition) is 6. The van der Waals surface area contributed by atoms with Gasteiger partial charge in [0.2, 0.25) is 5.95 Å². The fourth-order valence-electron chi connectivity index (χ4n) is 3.49. The molecule has 1 aromatic heterocycles. The maximum absolute atomic E-state index is 12.5. The predicted octanol–water partition coefficient (Wildman–Crippen LogP) is 3.31. The Balaban J connectivity index is 1.25. The van der Waals surface area contributed by atoms with Crippen molar-refractivity contribution in [1.82, 2.24) is 19.8 Å². The minimum Gasteiger partial charge on any atom is -0.346 e. The molecule has 10 heteroatoms. The van der Waals surface area contributed by atoms with Crippen molar-refractivity contribution in [3.63, 3.8) is 0 Å². The minimum absolute atomic E-state index is 0.0283. The summed E-state index contributed by atoms with van der Waals surface area (Å²) < 4.78 is 27.4. The molecule has 0 radical (unpaired) electrons. The molecule has 4 rings (SSSR count). The van der Waals surface area contributed by atoms with Crippen LogP contribution in [0.3, 0.4) is 0 Å². The molecule has 1 saturated heterocycles. The van der Waals surface area contributed by atoms with Gasteiger partial charge in [-0.05, 0) is 48.1 Å². The molecule has 1 aliphatic rings. The first-order chi connectivity index (χ1) is 16.5. The summed E-state index contributed by atoms with van der Waals surface area (Å²) in [4.78, 5) is 12.4. The summed E-state index contributed by atoms with van der Waals surface area (Å²) >= 11 is 5.57. The van der Waals surface area contributed by atoms with Crippen molar-refractivity contribution in [3.8, 4) is 0 Å². The number of piperazine rings is 1. The predicted molar refractivity (Wildman–Crippen MR) is 139 cm³/mol. The van der Waals surface area contributed by atoms with E-state index in [1.54, 1.807) is 18.2 Å². The van der Waals surface area contributed by atoms with Gasteiger partial charge in [-0.25, -0.2) is 23.1 Å². The van der Waals surface area contributed by atoms with Crippen LogP contribution in [0.25, 0.3) is 6.08 Å². The van der Waals surface area contributed by atoms with Gasteiger partial charge in [0.05, 0.1) is 4.90 Å². The molecule has 2 aromatic carbocycles. The highest BCUT2D eigenvalue weighted by Crippen LogP contribution is 2.17. The van der Waals surface area contributed by atoms with Crippen molar-refractivity contribution in [2.45, 2.75) is 4.90 Å². The number of nitrogens with one attached hydrogen (secondary N) is 2. The normalized spacial score (nSPS) is 14.8. The summed E-state index contributed by atoms with van der Waals surface area (Å²) in [6.07, 6.45) is 7.28. The molecule has 34 heavy (non-hydrogen) atoms. The maximum Gasteiger partial charge on any atom is 0.264 e. The molecule has 8 nitrogen and oxygen atoms in total. The summed E-state index contributed by atoms with van der Waals surface area (Å²) in [7, 11) is -3.77. The number of nitrogens with zero attached hydrogens (tertiary/aromatic N) is 4. The second-order valence-electron chi connectivity index (χ2n) is 7.73. The van der Waals surface area contributed by atoms with E-state index >= 15 is 0 Å². The molecule has 0 spiro atoms. The Morgan fingerprint density at radius 1 is 0.941 bits per heavy atom. The zero-order valence-corrected chi connectivity index (χ0v) is 20.2. The first-order valence-electron chi connectivity index (χ1n) is 10.9. The van der Waals surface area contributed by atoms with Crippen LogP contribution in [0.15, 0.2) is 84.0 Å². The number of rotatable bonds is 7. The van der Waals surface area contributed by atoms with Crippen molar-refractivity contribution >= 4 is 45.1 Å². The van der Waals surface area contributed by atoms with Crippen LogP contribution in [-0.2, 0) is 10.0 Å². The van der Waals surface area contributed by atoms with Crippen LogP contribution in [0.2, 0.25) is 0 Å². The summed E-state index contributed by atoms with van der Waals surface area (Å²) in [5.74, 6) is 0.0283. The molecule has 1 aliphatic heterocycles. The van der Waals surface area contributed by atoms with E-state index in [0.717, 1.165) is 38.4 Å². The van der Waals surface area contributed by atoms with Crippen LogP contribution >= 0.6 is 12.2 Å². The van der Waals surface area contributed by atoms with E-state index in [9.17, 15) is 8.42 Å². The Morgan fingerprint density at radius 3 is 2.29 bits per heavy atom. The van der Waals surface area contributed by atoms with Gasteiger partial charge in [0.1, 0.15) is 0 Å². The molecule has 0 atom stereocenters. The number of aromatic nitrogens is 2. The Labute approximate surface area is 205 Å². The van der Waals surface area contributed by atoms with Crippen LogP contribution in [0.5, 0.6) is 0 Å². The number of sulfonamides is 1. The van der Waals surface area contributed by atoms with Gasteiger partial charge < -0.3 is 10.2 Å². The highest BCUT2D eigenvalue weighted by Gasteiger charge is 2.19. The van der Waals surface area contributed by atoms with E-state index in [2.05, 4.69) is 54.1 Å². The summed E-state index contributed by atoms with van der Waals surface area (Å²) in [6.45, 7) is 4.41. The summed E-state index contributed by atoms with van der Waals surface area (Å²) in [5, 5.41) is 3.83. The molecule has 0 aliphatic carbocycles. The maximum atomic E-state index is 12.5. The quantitative estimate of drug-likeness (QED) is 0.484. The van der Waals surface area contributed by atoms with Crippen LogP contribution < -0.4 is 10.0 Å². The van der Waals surface area contributed by atoms with Crippen molar-refractivity contribution in [2.75, 3.05) is 42.8 Å². The monoisotopic (exact) mass is 494 g/mol. The molecule has 1 fully saturated rings. The van der Waals surface area contributed by atoms with Crippen LogP contribution in [-0.4, -0.2) is 66.0 Å². The van der Waals surface area contributed by atoms with Gasteiger partial charge >= 0.3 is 0 Å². The number of anilines is 2. The van der Waals surface area contributed by atoms with Crippen LogP contribution in [0.4, 0.5) is 11.6 Å². The fourth-order valence-corrected chi connectivity index (χ4v) is 4.74. The standard InChI is InChI=1S/C24H26N6O2S2/c31-34(32,28-23-25-13-5-14-26-23)22-11-9-21(10-12-22)27-24(33)30-18-16-29(17-19-30)15-4-8-20-6-2-1-3-7-20/h1-14H,15-19H2,(H,27,33)(H,25,26,28)/b8-4+. The van der Waals surface area contributed by atoms with Gasteiger partial charge in [0.15, 0.2) is 5.11 Å². The Kier molecular flexibility index (Phi) is 7.84. The van der Waals surface area contributed by atoms with E-state index < -0.39 is 10.0 Å². The second kappa shape index (κ2) is 11.2. The lowest BCUT2D eigenvalue weighted by Gasteiger charge is -2.35. The van der Waals surface area contributed by atoms with E-state index in [0.29, 0.717) is 5.11 Å². The van der Waals surface area contributed by atoms with Crippen LogP contribution in [0, 0.1) is 0 Å². The molecule has 0 amide bonds. The molecule has 176 valence electrons. The largest absolute Gasteiger partial charge is 0.346 e. The first kappa shape index (κ1) is 23.8. The van der Waals surface area contributed by atoms with E-state index in [1.807, 2.05) is 18.2 Å². The van der Waals surface area contributed by atoms with Crippen molar-refractivity contribution in [2.24, 2.45) is 0 Å². The number of benzene rings is 2. The highest BCUT2D eigenvalue weighted by molar-refractivity contribution is 7.92. The number of hydrogen-bond donors (Lipinski definition) is 2. The average Bonchev–Trinajstić information content (AvgIpc) is 2.86. The second-order valence-corrected chi connectivity index (χ2v) is 9.80. The Morgan fingerprint density at radius 2 is 1.62 bits per heavy atom. The molecule has 0 bridgehead atoms. The Bertz CT molecular complexity index is 1210. The third kappa shape index (κ3) is 6.60. The third-order valence-electron chi connectivity index (χ3n) is 5.34. The SMILES string of the molecule is O=S(=O)(Nc1ncccn1)c1ccc(NC(=S)N2CCN(C/C=C/c3ccccc3)CC2)cc1. The van der Waals surface area contributed by atoms with Gasteiger partial charge in [-0.1, -0.05) is 42.5 Å². The van der Waals surface area contributed by atoms with Gasteiger partial charge in [0.25, 0.3) is 10.0 Å². The highest BCUT2D eigenvalue weighted by atomic mass is 32.2. The minimum atomic E-state index is -3.77. The molecule has 2 N–H and O–H groups in total. The smallest absolute Gasteiger partial charge is 0.264 e. The van der Waals surface area contributed by atoms with Crippen LogP contribution in [0.1, 0.15) is 5.56 Å². The molecular weight excluding hydrogens is 468 g/mol. The molecule has 3 aromatic rings. The lowest BCUT2D eigenvalue weighted by Crippen LogP contribution is -2.49. The summed E-state index contributed by atoms with van der Waals surface area (Å²) in [5.41, 5.74) is 1.93. The van der Waals surface area contributed by atoms with Crippen molar-refractivity contribution in [1.29, 1.82) is 0 Å². The lowest BCUT2D eigenvalue weighted by atomic mass is 10.2. The van der Waals surface area contributed by atoms with Crippen molar-refractivity contribution in [3.05, 3.63) is 84.7 Å². The molecule has 0 saturated carbocycles. The first-order valence-corrected chi connectivity index (χ1v) is 12.8. The zero-order chi connectivity index (χ0) is 23.8. The van der Waals surface area contributed by atoms with Gasteiger partial charge in [-0.15, -0.1) is 0 Å². The zero-order valence-electron chi connectivity index (χ0n) is 18.5. The molecular formula is C24H26N6O2S2. The average molecular weight is 495 g/mol. The summed E-state index contributed by atoms with van der Waals surface area (Å²) in [6, 6.07) is 18.3. The fraction of sp³-hybridized carbons (Fsp3) is 0.208. The topological polar surface area (TPSA) is 90.5 Å². The Hall–Kier alpha value is -3.34. The molecule has 2 heterocycles. The van der Waals surface area contributed by atoms with Gasteiger partial charge in [-0.3, -0.25) is 4.90 Å². The van der Waals surface area contributed by atoms with E-state index in [1.165, 1.54) is 30.1 Å². The lowest BCUT2D eigenvalue weighted by molar-refractivity contribution is 0.200.